The lowest BCUT2D eigenvalue weighted by atomic mass is 10.2. The zero-order valence-corrected chi connectivity index (χ0v) is 9.74. The summed E-state index contributed by atoms with van der Waals surface area (Å²) in [5.74, 6) is -1.56. The van der Waals surface area contributed by atoms with Crippen molar-refractivity contribution in [2.24, 2.45) is 0 Å². The highest BCUT2D eigenvalue weighted by Gasteiger charge is 1.99. The van der Waals surface area contributed by atoms with E-state index in [0.29, 0.717) is 12.8 Å². The van der Waals surface area contributed by atoms with Gasteiger partial charge in [0, 0.05) is 18.9 Å². The molecule has 0 fully saturated rings. The topological polar surface area (TPSA) is 115 Å². The number of carboxylic acids is 2. The molecule has 0 saturated heterocycles. The fraction of sp³-hybridized carbons (Fsp3) is 0.333. The van der Waals surface area contributed by atoms with E-state index in [1.54, 1.807) is 6.07 Å². The van der Waals surface area contributed by atoms with Crippen LogP contribution in [0.5, 0.6) is 11.5 Å². The number of phenolic OH excluding ortho intramolecular Hbond substituents is 2. The highest BCUT2D eigenvalue weighted by atomic mass is 16.4. The van der Waals surface area contributed by atoms with Crippen molar-refractivity contribution in [2.75, 3.05) is 0 Å². The molecule has 100 valence electrons. The second-order valence-corrected chi connectivity index (χ2v) is 3.51. The van der Waals surface area contributed by atoms with Gasteiger partial charge < -0.3 is 20.4 Å². The van der Waals surface area contributed by atoms with Gasteiger partial charge in [-0.3, -0.25) is 9.59 Å². The lowest BCUT2D eigenvalue weighted by molar-refractivity contribution is -0.139. The van der Waals surface area contributed by atoms with Gasteiger partial charge in [0.15, 0.2) is 0 Å². The second-order valence-electron chi connectivity index (χ2n) is 3.51. The molecule has 0 amide bonds. The summed E-state index contributed by atoms with van der Waals surface area (Å²) in [5, 5.41) is 33.6. The molecule has 0 aliphatic rings. The predicted molar refractivity (Wildman–Crippen MR) is 63.5 cm³/mol. The zero-order chi connectivity index (χ0) is 14.0. The molecular weight excluding hydrogens is 240 g/mol. The first-order valence-corrected chi connectivity index (χ1v) is 5.33. The maximum absolute atomic E-state index is 9.90. The van der Waals surface area contributed by atoms with Crippen LogP contribution >= 0.6 is 0 Å². The predicted octanol–water partition coefficient (Wildman–Crippen LogP) is 1.81. The summed E-state index contributed by atoms with van der Waals surface area (Å²) in [4.78, 5) is 19.8. The summed E-state index contributed by atoms with van der Waals surface area (Å²) >= 11 is 0. The number of aromatic hydroxyl groups is 2. The number of rotatable bonds is 5. The average molecular weight is 256 g/mol. The SMILES string of the molecule is O=C(O)CCCCC(=O)O.Oc1cccc(O)c1. The number of phenols is 2. The van der Waals surface area contributed by atoms with Gasteiger partial charge in [-0.1, -0.05) is 6.07 Å². The van der Waals surface area contributed by atoms with Crippen LogP contribution in [0, 0.1) is 0 Å². The molecule has 6 heteroatoms. The molecule has 18 heavy (non-hydrogen) atoms. The molecule has 0 radical (unpaired) electrons. The van der Waals surface area contributed by atoms with Crippen LogP contribution in [0.15, 0.2) is 24.3 Å². The minimum absolute atomic E-state index is 0.0628. The maximum Gasteiger partial charge on any atom is 0.303 e. The van der Waals surface area contributed by atoms with E-state index in [9.17, 15) is 9.59 Å². The molecule has 0 saturated carbocycles. The number of hydrogen-bond acceptors (Lipinski definition) is 4. The van der Waals surface area contributed by atoms with Crippen LogP contribution in [0.25, 0.3) is 0 Å². The van der Waals surface area contributed by atoms with Gasteiger partial charge in [-0.15, -0.1) is 0 Å². The first-order chi connectivity index (χ1) is 8.41. The Morgan fingerprint density at radius 2 is 1.28 bits per heavy atom. The number of hydrogen-bond donors (Lipinski definition) is 4. The van der Waals surface area contributed by atoms with E-state index in [1.165, 1.54) is 18.2 Å². The van der Waals surface area contributed by atoms with Gasteiger partial charge in [-0.25, -0.2) is 0 Å². The molecule has 6 nitrogen and oxygen atoms in total. The average Bonchev–Trinajstić information content (AvgIpc) is 2.24. The van der Waals surface area contributed by atoms with Crippen LogP contribution in [0.1, 0.15) is 25.7 Å². The van der Waals surface area contributed by atoms with Crippen LogP contribution in [-0.2, 0) is 9.59 Å². The zero-order valence-electron chi connectivity index (χ0n) is 9.74. The van der Waals surface area contributed by atoms with E-state index < -0.39 is 11.9 Å². The largest absolute Gasteiger partial charge is 0.508 e. The third-order valence-electron chi connectivity index (χ3n) is 1.86. The Morgan fingerprint density at radius 3 is 1.50 bits per heavy atom. The van der Waals surface area contributed by atoms with Crippen molar-refractivity contribution in [2.45, 2.75) is 25.7 Å². The second kappa shape index (κ2) is 8.86. The van der Waals surface area contributed by atoms with Gasteiger partial charge in [0.25, 0.3) is 0 Å². The van der Waals surface area contributed by atoms with Gasteiger partial charge in [-0.05, 0) is 25.0 Å². The maximum atomic E-state index is 9.90. The third kappa shape index (κ3) is 10.3. The smallest absolute Gasteiger partial charge is 0.303 e. The third-order valence-corrected chi connectivity index (χ3v) is 1.86. The Bertz CT molecular complexity index is 355. The van der Waals surface area contributed by atoms with Crippen molar-refractivity contribution >= 4 is 11.9 Å². The molecule has 0 spiro atoms. The van der Waals surface area contributed by atoms with E-state index in [4.69, 9.17) is 20.4 Å². The first kappa shape index (κ1) is 15.8. The minimum Gasteiger partial charge on any atom is -0.508 e. The van der Waals surface area contributed by atoms with Crippen LogP contribution in [-0.4, -0.2) is 32.4 Å². The Hall–Kier alpha value is -2.24. The molecular formula is C12H16O6. The highest BCUT2D eigenvalue weighted by Crippen LogP contribution is 2.14. The van der Waals surface area contributed by atoms with E-state index in [1.807, 2.05) is 0 Å². The number of aliphatic carboxylic acids is 2. The van der Waals surface area contributed by atoms with Gasteiger partial charge >= 0.3 is 11.9 Å². The van der Waals surface area contributed by atoms with Gasteiger partial charge in [0.1, 0.15) is 11.5 Å². The monoisotopic (exact) mass is 256 g/mol. The molecule has 0 unspecified atom stereocenters. The number of unbranched alkanes of at least 4 members (excludes halogenated alkanes) is 1. The van der Waals surface area contributed by atoms with Crippen LogP contribution in [0.3, 0.4) is 0 Å². The van der Waals surface area contributed by atoms with Gasteiger partial charge in [0.2, 0.25) is 0 Å². The van der Waals surface area contributed by atoms with Crippen molar-refractivity contribution in [1.29, 1.82) is 0 Å². The van der Waals surface area contributed by atoms with Crippen LogP contribution in [0.2, 0.25) is 0 Å². The summed E-state index contributed by atoms with van der Waals surface area (Å²) in [5.41, 5.74) is 0. The summed E-state index contributed by atoms with van der Waals surface area (Å²) in [6.07, 6.45) is 1.02. The summed E-state index contributed by atoms with van der Waals surface area (Å²) in [6.45, 7) is 0. The lowest BCUT2D eigenvalue weighted by Gasteiger charge is -1.92. The molecule has 0 bridgehead atoms. The Kier molecular flexibility index (Phi) is 7.76. The Morgan fingerprint density at radius 1 is 0.889 bits per heavy atom. The van der Waals surface area contributed by atoms with E-state index in [2.05, 4.69) is 0 Å². The standard InChI is InChI=1S/C6H10O4.C6H6O2/c7-5(8)3-1-2-4-6(9)10;7-5-2-1-3-6(8)4-5/h1-4H2,(H,7,8)(H,9,10);1-4,7-8H. The van der Waals surface area contributed by atoms with E-state index >= 15 is 0 Å². The Labute approximate surface area is 104 Å². The van der Waals surface area contributed by atoms with Crippen LogP contribution in [0.4, 0.5) is 0 Å². The van der Waals surface area contributed by atoms with Crippen LogP contribution < -0.4 is 0 Å². The summed E-state index contributed by atoms with van der Waals surface area (Å²) < 4.78 is 0. The normalized spacial score (nSPS) is 9.11. The molecule has 1 aromatic rings. The van der Waals surface area contributed by atoms with Crippen molar-refractivity contribution in [3.63, 3.8) is 0 Å². The first-order valence-electron chi connectivity index (χ1n) is 5.33. The van der Waals surface area contributed by atoms with Crippen molar-refractivity contribution in [3.8, 4) is 11.5 Å². The molecule has 0 aromatic heterocycles. The summed E-state index contributed by atoms with van der Waals surface area (Å²) in [6, 6.07) is 5.85. The molecule has 1 rings (SSSR count). The molecule has 1 aromatic carbocycles. The van der Waals surface area contributed by atoms with E-state index in [-0.39, 0.29) is 24.3 Å². The Balaban J connectivity index is 0.000000327. The quantitative estimate of drug-likeness (QED) is 0.597. The fourth-order valence-corrected chi connectivity index (χ4v) is 1.05. The minimum atomic E-state index is -0.870. The number of carboxylic acid groups (broad SMARTS) is 2. The molecule has 4 N–H and O–H groups in total. The number of benzene rings is 1. The van der Waals surface area contributed by atoms with Crippen molar-refractivity contribution in [3.05, 3.63) is 24.3 Å². The number of carbonyl (C=O) groups is 2. The highest BCUT2D eigenvalue weighted by molar-refractivity contribution is 5.67. The van der Waals surface area contributed by atoms with Crippen molar-refractivity contribution < 1.29 is 30.0 Å². The van der Waals surface area contributed by atoms with Gasteiger partial charge in [0.05, 0.1) is 0 Å². The lowest BCUT2D eigenvalue weighted by Crippen LogP contribution is -1.97. The van der Waals surface area contributed by atoms with E-state index in [0.717, 1.165) is 0 Å². The molecule has 0 aliphatic carbocycles. The van der Waals surface area contributed by atoms with Gasteiger partial charge in [-0.2, -0.15) is 0 Å². The fourth-order valence-electron chi connectivity index (χ4n) is 1.05. The molecule has 0 atom stereocenters. The summed E-state index contributed by atoms with van der Waals surface area (Å²) in [7, 11) is 0. The molecule has 0 heterocycles. The molecule has 0 aliphatic heterocycles. The van der Waals surface area contributed by atoms with Crippen molar-refractivity contribution in [1.82, 2.24) is 0 Å².